The lowest BCUT2D eigenvalue weighted by molar-refractivity contribution is -0.384. The van der Waals surface area contributed by atoms with E-state index in [1.165, 1.54) is 35.1 Å². The van der Waals surface area contributed by atoms with Gasteiger partial charge in [0.05, 0.1) is 4.92 Å². The molecular weight excluding hydrogens is 452 g/mol. The number of nitro groups is 1. The van der Waals surface area contributed by atoms with E-state index in [1.807, 2.05) is 25.1 Å². The first-order valence-corrected chi connectivity index (χ1v) is 11.0. The van der Waals surface area contributed by atoms with Crippen LogP contribution >= 0.6 is 11.3 Å². The number of thiazole rings is 1. The lowest BCUT2D eigenvalue weighted by Crippen LogP contribution is -2.13. The summed E-state index contributed by atoms with van der Waals surface area (Å²) in [6, 6.07) is 19.3. The van der Waals surface area contributed by atoms with Crippen molar-refractivity contribution in [1.29, 1.82) is 5.26 Å². The number of hydrogen-bond acceptors (Lipinski definition) is 7. The van der Waals surface area contributed by atoms with Crippen molar-refractivity contribution in [2.45, 2.75) is 13.3 Å². The van der Waals surface area contributed by atoms with Gasteiger partial charge >= 0.3 is 0 Å². The third-order valence-electron chi connectivity index (χ3n) is 4.91. The molecule has 4 aromatic rings. The van der Waals surface area contributed by atoms with Crippen molar-refractivity contribution in [2.75, 3.05) is 5.32 Å². The molecule has 0 unspecified atom stereocenters. The predicted molar refractivity (Wildman–Crippen MR) is 129 cm³/mol. The van der Waals surface area contributed by atoms with Gasteiger partial charge in [-0.2, -0.15) is 5.26 Å². The van der Waals surface area contributed by atoms with E-state index in [0.717, 1.165) is 10.4 Å². The van der Waals surface area contributed by atoms with Crippen molar-refractivity contribution in [3.63, 3.8) is 0 Å². The number of aromatic nitrogens is 1. The topological polar surface area (TPSA) is 122 Å². The zero-order valence-electron chi connectivity index (χ0n) is 18.0. The Labute approximate surface area is 199 Å². The van der Waals surface area contributed by atoms with Crippen molar-refractivity contribution in [1.82, 2.24) is 4.98 Å². The number of hydrogen-bond donors (Lipinski definition) is 1. The van der Waals surface area contributed by atoms with E-state index in [-0.39, 0.29) is 11.3 Å². The molecule has 0 atom stereocenters. The maximum absolute atomic E-state index is 12.6. The van der Waals surface area contributed by atoms with Crippen LogP contribution in [-0.4, -0.2) is 15.8 Å². The molecule has 1 amide bonds. The van der Waals surface area contributed by atoms with Gasteiger partial charge in [-0.25, -0.2) is 4.98 Å². The van der Waals surface area contributed by atoms with Crippen molar-refractivity contribution in [3.8, 4) is 17.4 Å². The van der Waals surface area contributed by atoms with Gasteiger partial charge in [-0.15, -0.1) is 11.3 Å². The highest BCUT2D eigenvalue weighted by Crippen LogP contribution is 2.26. The fraction of sp³-hybridized carbons (Fsp3) is 0.0800. The maximum Gasteiger partial charge on any atom is 0.269 e. The normalized spacial score (nSPS) is 11.1. The van der Waals surface area contributed by atoms with Crippen LogP contribution in [0.1, 0.15) is 21.8 Å². The van der Waals surface area contributed by atoms with Crippen molar-refractivity contribution >= 4 is 34.1 Å². The molecule has 0 radical (unpaired) electrons. The van der Waals surface area contributed by atoms with E-state index in [9.17, 15) is 20.2 Å². The molecular formula is C25H18N4O4S. The quantitative estimate of drug-likeness (QED) is 0.159. The van der Waals surface area contributed by atoms with Gasteiger partial charge in [-0.1, -0.05) is 29.8 Å². The number of nitro benzene ring substituents is 1. The molecule has 34 heavy (non-hydrogen) atoms. The lowest BCUT2D eigenvalue weighted by atomic mass is 10.1. The molecule has 168 valence electrons. The van der Waals surface area contributed by atoms with Crippen LogP contribution in [0.15, 0.2) is 76.9 Å². The summed E-state index contributed by atoms with van der Waals surface area (Å²) in [7, 11) is 0. The molecule has 0 fully saturated rings. The van der Waals surface area contributed by atoms with E-state index in [0.29, 0.717) is 28.6 Å². The van der Waals surface area contributed by atoms with E-state index in [1.54, 1.807) is 30.5 Å². The number of nitriles is 1. The molecule has 0 aliphatic heterocycles. The molecule has 8 nitrogen and oxygen atoms in total. The summed E-state index contributed by atoms with van der Waals surface area (Å²) in [6.07, 6.45) is 3.75. The maximum atomic E-state index is 12.6. The molecule has 0 aliphatic carbocycles. The van der Waals surface area contributed by atoms with Crippen LogP contribution in [0.25, 0.3) is 17.4 Å². The van der Waals surface area contributed by atoms with Crippen molar-refractivity contribution in [2.24, 2.45) is 0 Å². The van der Waals surface area contributed by atoms with E-state index in [4.69, 9.17) is 4.42 Å². The standard InChI is InChI=1S/C25H18N4O4S/c1-16-2-4-17(5-3-16)12-22-15-27-25(34-22)28-24(30)19(14-26)13-21-10-11-23(33-21)18-6-8-20(9-7-18)29(31)32/h2-11,13,15H,12H2,1H3,(H,27,28,30). The summed E-state index contributed by atoms with van der Waals surface area (Å²) in [5.41, 5.74) is 2.81. The van der Waals surface area contributed by atoms with Gasteiger partial charge in [-0.3, -0.25) is 20.2 Å². The fourth-order valence-corrected chi connectivity index (χ4v) is 3.98. The Balaban J connectivity index is 1.43. The second-order valence-electron chi connectivity index (χ2n) is 7.42. The van der Waals surface area contributed by atoms with Gasteiger partial charge in [0.2, 0.25) is 0 Å². The number of rotatable bonds is 7. The number of amides is 1. The number of benzene rings is 2. The number of furan rings is 1. The first-order valence-electron chi connectivity index (χ1n) is 10.2. The Bertz CT molecular complexity index is 1410. The van der Waals surface area contributed by atoms with Crippen LogP contribution in [0.2, 0.25) is 0 Å². The van der Waals surface area contributed by atoms with Crippen LogP contribution in [-0.2, 0) is 11.2 Å². The first kappa shape index (κ1) is 22.6. The van der Waals surface area contributed by atoms with Gasteiger partial charge in [-0.05, 0) is 36.8 Å². The molecule has 0 spiro atoms. The number of nitrogens with one attached hydrogen (secondary N) is 1. The number of aryl methyl sites for hydroxylation is 1. The van der Waals surface area contributed by atoms with Crippen LogP contribution in [0.5, 0.6) is 0 Å². The Morgan fingerprint density at radius 1 is 1.18 bits per heavy atom. The van der Waals surface area contributed by atoms with Crippen LogP contribution < -0.4 is 5.32 Å². The van der Waals surface area contributed by atoms with Crippen molar-refractivity contribution in [3.05, 3.63) is 104 Å². The summed E-state index contributed by atoms with van der Waals surface area (Å²) in [5.74, 6) is 0.172. The first-order chi connectivity index (χ1) is 16.4. The summed E-state index contributed by atoms with van der Waals surface area (Å²) in [6.45, 7) is 2.03. The molecule has 2 aromatic carbocycles. The Hall–Kier alpha value is -4.55. The molecule has 9 heteroatoms. The fourth-order valence-electron chi connectivity index (χ4n) is 3.14. The van der Waals surface area contributed by atoms with Crippen molar-refractivity contribution < 1.29 is 14.1 Å². The van der Waals surface area contributed by atoms with Crippen LogP contribution in [0, 0.1) is 28.4 Å². The molecule has 2 aromatic heterocycles. The minimum Gasteiger partial charge on any atom is -0.457 e. The molecule has 0 bridgehead atoms. The number of non-ortho nitro benzene ring substituents is 1. The number of carbonyl (C=O) groups is 1. The van der Waals surface area contributed by atoms with Gasteiger partial charge in [0.15, 0.2) is 5.13 Å². The number of carbonyl (C=O) groups excluding carboxylic acids is 1. The highest BCUT2D eigenvalue weighted by molar-refractivity contribution is 7.15. The minimum atomic E-state index is -0.591. The van der Waals surface area contributed by atoms with Gasteiger partial charge in [0, 0.05) is 41.3 Å². The Morgan fingerprint density at radius 2 is 1.91 bits per heavy atom. The van der Waals surface area contributed by atoms with Crippen LogP contribution in [0.4, 0.5) is 10.8 Å². The van der Waals surface area contributed by atoms with E-state index in [2.05, 4.69) is 22.4 Å². The van der Waals surface area contributed by atoms with Gasteiger partial charge in [0.1, 0.15) is 23.2 Å². The Kier molecular flexibility index (Phi) is 6.62. The monoisotopic (exact) mass is 470 g/mol. The second kappa shape index (κ2) is 9.94. The largest absolute Gasteiger partial charge is 0.457 e. The average molecular weight is 471 g/mol. The molecule has 0 saturated carbocycles. The van der Waals surface area contributed by atoms with Gasteiger partial charge in [0.25, 0.3) is 11.6 Å². The summed E-state index contributed by atoms with van der Waals surface area (Å²) < 4.78 is 5.69. The van der Waals surface area contributed by atoms with Crippen LogP contribution in [0.3, 0.4) is 0 Å². The number of anilines is 1. The molecule has 4 rings (SSSR count). The molecule has 0 aliphatic rings. The summed E-state index contributed by atoms with van der Waals surface area (Å²) in [4.78, 5) is 28.1. The highest BCUT2D eigenvalue weighted by atomic mass is 32.1. The zero-order valence-corrected chi connectivity index (χ0v) is 18.8. The number of nitrogens with zero attached hydrogens (tertiary/aromatic N) is 3. The summed E-state index contributed by atoms with van der Waals surface area (Å²) >= 11 is 1.35. The predicted octanol–water partition coefficient (Wildman–Crippen LogP) is 5.76. The van der Waals surface area contributed by atoms with Gasteiger partial charge < -0.3 is 4.42 Å². The second-order valence-corrected chi connectivity index (χ2v) is 8.54. The smallest absolute Gasteiger partial charge is 0.269 e. The lowest BCUT2D eigenvalue weighted by Gasteiger charge is -2.00. The SMILES string of the molecule is Cc1ccc(Cc2cnc(NC(=O)C(C#N)=Cc3ccc(-c4ccc([N+](=O)[O-])cc4)o3)s2)cc1. The minimum absolute atomic E-state index is 0.0249. The van der Waals surface area contributed by atoms with E-state index >= 15 is 0 Å². The van der Waals surface area contributed by atoms with E-state index < -0.39 is 10.8 Å². The molecule has 2 heterocycles. The molecule has 0 saturated heterocycles. The highest BCUT2D eigenvalue weighted by Gasteiger charge is 2.14. The third-order valence-corrected chi connectivity index (χ3v) is 5.83. The average Bonchev–Trinajstić information content (AvgIpc) is 3.48. The molecule has 1 N–H and O–H groups in total. The Morgan fingerprint density at radius 3 is 2.59 bits per heavy atom. The summed E-state index contributed by atoms with van der Waals surface area (Å²) in [5, 5.41) is 23.3. The third kappa shape index (κ3) is 5.43. The zero-order chi connectivity index (χ0) is 24.1.